The molecule has 0 aliphatic heterocycles. The minimum absolute atomic E-state index is 0.145. The number of ketones is 1. The SMILES string of the molecule is [2H]C([2H])([2H])C(=O)C([2H])([2H])CCCCl. The fraction of sp³-hybridized carbons (Fsp3) is 0.833. The third-order valence-corrected chi connectivity index (χ3v) is 0.863. The zero-order valence-electron chi connectivity index (χ0n) is 9.41. The molecule has 0 spiro atoms. The Hall–Kier alpha value is -0.0400. The van der Waals surface area contributed by atoms with Crippen LogP contribution >= 0.6 is 11.6 Å². The number of halogens is 1. The molecule has 0 atom stereocenters. The first kappa shape index (κ1) is 2.70. The summed E-state index contributed by atoms with van der Waals surface area (Å²) in [6.45, 7) is -2.87. The van der Waals surface area contributed by atoms with Crippen LogP contribution in [0.25, 0.3) is 0 Å². The molecule has 0 fully saturated rings. The lowest BCUT2D eigenvalue weighted by atomic mass is 10.2. The second kappa shape index (κ2) is 5.10. The fourth-order valence-corrected chi connectivity index (χ4v) is 0.402. The van der Waals surface area contributed by atoms with Crippen LogP contribution in [0.1, 0.15) is 32.9 Å². The standard InChI is InChI=1S/C6H11ClO/c1-6(8)4-2-3-5-7/h2-5H2,1H3/i1D3,4D2. The van der Waals surface area contributed by atoms with Gasteiger partial charge in [-0.25, -0.2) is 0 Å². The Morgan fingerprint density at radius 1 is 1.88 bits per heavy atom. The van der Waals surface area contributed by atoms with E-state index >= 15 is 0 Å². The average molecular weight is 140 g/mol. The molecule has 8 heavy (non-hydrogen) atoms. The van der Waals surface area contributed by atoms with E-state index in [1.807, 2.05) is 0 Å². The second-order valence-electron chi connectivity index (χ2n) is 1.30. The molecule has 0 saturated carbocycles. The van der Waals surface area contributed by atoms with E-state index in [-0.39, 0.29) is 18.7 Å². The maximum absolute atomic E-state index is 11.0. The van der Waals surface area contributed by atoms with E-state index in [0.717, 1.165) is 0 Å². The Labute approximate surface area is 62.1 Å². The fourth-order valence-electron chi connectivity index (χ4n) is 0.269. The van der Waals surface area contributed by atoms with Gasteiger partial charge in [-0.05, 0) is 19.7 Å². The van der Waals surface area contributed by atoms with Crippen molar-refractivity contribution in [2.75, 3.05) is 5.88 Å². The van der Waals surface area contributed by atoms with Gasteiger partial charge in [-0.1, -0.05) is 0 Å². The molecule has 0 N–H and O–H groups in total. The van der Waals surface area contributed by atoms with Crippen molar-refractivity contribution < 1.29 is 11.6 Å². The van der Waals surface area contributed by atoms with Gasteiger partial charge in [0.05, 0.1) is 0 Å². The van der Waals surface area contributed by atoms with Gasteiger partial charge in [-0.3, -0.25) is 0 Å². The average Bonchev–Trinajstić information content (AvgIpc) is 1.98. The minimum atomic E-state index is -2.87. The van der Waals surface area contributed by atoms with E-state index in [0.29, 0.717) is 0 Å². The Morgan fingerprint density at radius 3 is 3.12 bits per heavy atom. The van der Waals surface area contributed by atoms with Crippen molar-refractivity contribution in [3.05, 3.63) is 0 Å². The summed E-state index contributed by atoms with van der Waals surface area (Å²) in [6, 6.07) is 0. The van der Waals surface area contributed by atoms with Crippen molar-refractivity contribution in [1.29, 1.82) is 0 Å². The van der Waals surface area contributed by atoms with Crippen LogP contribution in [0, 0.1) is 0 Å². The molecular weight excluding hydrogens is 124 g/mol. The zero-order chi connectivity index (χ0) is 10.7. The maximum Gasteiger partial charge on any atom is 0.129 e. The molecule has 0 amide bonds. The number of carbonyl (C=O) groups excluding carboxylic acids is 1. The van der Waals surface area contributed by atoms with Crippen molar-refractivity contribution in [3.63, 3.8) is 0 Å². The number of rotatable bonds is 4. The summed E-state index contributed by atoms with van der Waals surface area (Å²) in [6.07, 6.45) is -2.15. The highest BCUT2D eigenvalue weighted by Crippen LogP contribution is 1.96. The molecule has 0 aliphatic carbocycles. The molecule has 0 aromatic carbocycles. The van der Waals surface area contributed by atoms with E-state index < -0.39 is 19.0 Å². The first-order valence-corrected chi connectivity index (χ1v) is 2.86. The van der Waals surface area contributed by atoms with E-state index in [4.69, 9.17) is 18.5 Å². The van der Waals surface area contributed by atoms with Crippen LogP contribution in [0.4, 0.5) is 0 Å². The monoisotopic (exact) mass is 139 g/mol. The largest absolute Gasteiger partial charge is 0.300 e. The van der Waals surface area contributed by atoms with Gasteiger partial charge in [0, 0.05) is 19.1 Å². The van der Waals surface area contributed by atoms with Gasteiger partial charge in [0.15, 0.2) is 0 Å². The quantitative estimate of drug-likeness (QED) is 0.545. The Balaban J connectivity index is 4.36. The summed E-state index contributed by atoms with van der Waals surface area (Å²) in [4.78, 5) is 11.0. The third kappa shape index (κ3) is 5.96. The summed E-state index contributed by atoms with van der Waals surface area (Å²) in [5.74, 6) is -1.13. The van der Waals surface area contributed by atoms with Crippen molar-refractivity contribution >= 4 is 17.4 Å². The molecule has 1 nitrogen and oxygen atoms in total. The normalized spacial score (nSPS) is 21.9. The van der Waals surface area contributed by atoms with Gasteiger partial charge in [-0.15, -0.1) is 11.6 Å². The highest BCUT2D eigenvalue weighted by Gasteiger charge is 1.90. The van der Waals surface area contributed by atoms with Gasteiger partial charge in [0.2, 0.25) is 0 Å². The molecule has 0 heterocycles. The van der Waals surface area contributed by atoms with Gasteiger partial charge < -0.3 is 4.79 Å². The number of hydrogen-bond donors (Lipinski definition) is 0. The minimum Gasteiger partial charge on any atom is -0.300 e. The summed E-state index contributed by atoms with van der Waals surface area (Å²) in [5.41, 5.74) is 0. The van der Waals surface area contributed by atoms with Crippen LogP contribution in [0.15, 0.2) is 0 Å². The molecule has 48 valence electrons. The Morgan fingerprint density at radius 2 is 2.62 bits per heavy atom. The van der Waals surface area contributed by atoms with Crippen LogP contribution in [-0.4, -0.2) is 11.7 Å². The zero-order valence-corrected chi connectivity index (χ0v) is 5.16. The summed E-state index contributed by atoms with van der Waals surface area (Å²) in [7, 11) is 0. The van der Waals surface area contributed by atoms with Crippen molar-refractivity contribution in [2.24, 2.45) is 0 Å². The van der Waals surface area contributed by atoms with Crippen LogP contribution in [0.5, 0.6) is 0 Å². The molecule has 0 radical (unpaired) electrons. The Bertz CT molecular complexity index is 188. The summed E-state index contributed by atoms with van der Waals surface area (Å²) >= 11 is 5.31. The number of alkyl halides is 1. The van der Waals surface area contributed by atoms with Gasteiger partial charge in [0.25, 0.3) is 0 Å². The highest BCUT2D eigenvalue weighted by molar-refractivity contribution is 6.17. The Kier molecular flexibility index (Phi) is 1.72. The van der Waals surface area contributed by atoms with Crippen LogP contribution < -0.4 is 0 Å². The topological polar surface area (TPSA) is 17.1 Å². The number of Topliss-reactive ketones (excluding diaryl/α,β-unsaturated/α-hetero) is 1. The van der Waals surface area contributed by atoms with Crippen LogP contribution in [0.3, 0.4) is 0 Å². The van der Waals surface area contributed by atoms with E-state index in [2.05, 4.69) is 0 Å². The highest BCUT2D eigenvalue weighted by atomic mass is 35.5. The summed E-state index contributed by atoms with van der Waals surface area (Å²) < 4.78 is 34.6. The van der Waals surface area contributed by atoms with Gasteiger partial charge >= 0.3 is 0 Å². The van der Waals surface area contributed by atoms with E-state index in [9.17, 15) is 4.79 Å². The van der Waals surface area contributed by atoms with Gasteiger partial charge in [0.1, 0.15) is 5.78 Å². The molecule has 0 bridgehead atoms. The van der Waals surface area contributed by atoms with Gasteiger partial charge in [-0.2, -0.15) is 0 Å². The molecule has 0 unspecified atom stereocenters. The smallest absolute Gasteiger partial charge is 0.129 e. The first-order valence-electron chi connectivity index (χ1n) is 4.82. The lowest BCUT2D eigenvalue weighted by Gasteiger charge is -1.89. The summed E-state index contributed by atoms with van der Waals surface area (Å²) in [5, 5.41) is 0. The van der Waals surface area contributed by atoms with Crippen molar-refractivity contribution in [1.82, 2.24) is 0 Å². The predicted molar refractivity (Wildman–Crippen MR) is 35.3 cm³/mol. The number of hydrogen-bond acceptors (Lipinski definition) is 1. The molecule has 0 aromatic rings. The van der Waals surface area contributed by atoms with Crippen molar-refractivity contribution in [2.45, 2.75) is 26.1 Å². The molecule has 0 aliphatic rings. The molecule has 2 heteroatoms. The number of carbonyl (C=O) groups is 1. The van der Waals surface area contributed by atoms with E-state index in [1.165, 1.54) is 0 Å². The maximum atomic E-state index is 11.0. The second-order valence-corrected chi connectivity index (χ2v) is 1.68. The van der Waals surface area contributed by atoms with E-state index in [1.54, 1.807) is 0 Å². The lowest BCUT2D eigenvalue weighted by molar-refractivity contribution is -0.117. The van der Waals surface area contributed by atoms with Crippen LogP contribution in [0.2, 0.25) is 0 Å². The first-order chi connectivity index (χ1) is 5.72. The molecule has 0 saturated heterocycles. The predicted octanol–water partition coefficient (Wildman–Crippen LogP) is 1.98. The lowest BCUT2D eigenvalue weighted by Crippen LogP contribution is -1.88. The third-order valence-electron chi connectivity index (χ3n) is 0.596. The molecule has 0 aromatic heterocycles. The van der Waals surface area contributed by atoms with Crippen molar-refractivity contribution in [3.8, 4) is 0 Å². The molecule has 0 rings (SSSR count). The van der Waals surface area contributed by atoms with Crippen LogP contribution in [-0.2, 0) is 4.79 Å². The molecular formula is C6H11ClO.